The molecule has 0 saturated carbocycles. The molecule has 6 heteroatoms. The average Bonchev–Trinajstić information content (AvgIpc) is 3.11. The van der Waals surface area contributed by atoms with Gasteiger partial charge in [-0.05, 0) is 42.1 Å². The third kappa shape index (κ3) is 5.62. The van der Waals surface area contributed by atoms with Gasteiger partial charge in [-0.2, -0.15) is 0 Å². The van der Waals surface area contributed by atoms with Crippen molar-refractivity contribution in [3.05, 3.63) is 70.5 Å². The normalized spacial score (nSPS) is 17.0. The Morgan fingerprint density at radius 2 is 1.93 bits per heavy atom. The lowest BCUT2D eigenvalue weighted by Crippen LogP contribution is -2.36. The van der Waals surface area contributed by atoms with Gasteiger partial charge in [0.2, 0.25) is 5.78 Å². The van der Waals surface area contributed by atoms with Crippen molar-refractivity contribution in [1.82, 2.24) is 10.2 Å². The van der Waals surface area contributed by atoms with Gasteiger partial charge in [0.25, 0.3) is 5.91 Å². The van der Waals surface area contributed by atoms with E-state index in [4.69, 9.17) is 11.6 Å². The number of halogens is 2. The van der Waals surface area contributed by atoms with Gasteiger partial charge >= 0.3 is 0 Å². The molecule has 27 heavy (non-hydrogen) atoms. The largest absolute Gasteiger partial charge is 0.349 e. The molecule has 0 aromatic heterocycles. The lowest BCUT2D eigenvalue weighted by Gasteiger charge is -2.16. The van der Waals surface area contributed by atoms with Gasteiger partial charge in [0.1, 0.15) is 5.82 Å². The molecule has 1 fully saturated rings. The fraction of sp³-hybridized carbons (Fsp3) is 0.333. The van der Waals surface area contributed by atoms with Crippen molar-refractivity contribution >= 4 is 23.3 Å². The number of rotatable bonds is 7. The summed E-state index contributed by atoms with van der Waals surface area (Å²) in [5, 5.41) is 2.72. The first-order valence-corrected chi connectivity index (χ1v) is 9.40. The van der Waals surface area contributed by atoms with Crippen LogP contribution >= 0.6 is 11.6 Å². The summed E-state index contributed by atoms with van der Waals surface area (Å²) in [6.45, 7) is 3.25. The van der Waals surface area contributed by atoms with E-state index < -0.39 is 17.5 Å². The predicted molar refractivity (Wildman–Crippen MR) is 103 cm³/mol. The lowest BCUT2D eigenvalue weighted by atomic mass is 10.1. The highest BCUT2D eigenvalue weighted by atomic mass is 35.5. The van der Waals surface area contributed by atoms with Crippen LogP contribution in [0.1, 0.15) is 17.5 Å². The van der Waals surface area contributed by atoms with Crippen LogP contribution < -0.4 is 5.32 Å². The number of likely N-dealkylation sites (tertiary alicyclic amines) is 1. The van der Waals surface area contributed by atoms with Crippen LogP contribution in [0.25, 0.3) is 0 Å². The van der Waals surface area contributed by atoms with Crippen LogP contribution in [0.3, 0.4) is 0 Å². The Morgan fingerprint density at radius 3 is 2.67 bits per heavy atom. The maximum absolute atomic E-state index is 13.4. The van der Waals surface area contributed by atoms with E-state index in [0.29, 0.717) is 18.0 Å². The summed E-state index contributed by atoms with van der Waals surface area (Å²) >= 11 is 5.62. The van der Waals surface area contributed by atoms with Crippen molar-refractivity contribution in [1.29, 1.82) is 0 Å². The fourth-order valence-corrected chi connectivity index (χ4v) is 3.43. The van der Waals surface area contributed by atoms with E-state index in [1.807, 2.05) is 18.2 Å². The van der Waals surface area contributed by atoms with Crippen molar-refractivity contribution in [2.45, 2.75) is 19.4 Å². The summed E-state index contributed by atoms with van der Waals surface area (Å²) in [6.07, 6.45) is 0.856. The van der Waals surface area contributed by atoms with Crippen LogP contribution in [0.4, 0.5) is 4.39 Å². The predicted octanol–water partition coefficient (Wildman–Crippen LogP) is 3.23. The van der Waals surface area contributed by atoms with Crippen LogP contribution in [0, 0.1) is 11.7 Å². The summed E-state index contributed by atoms with van der Waals surface area (Å²) in [5.41, 5.74) is 1.71. The lowest BCUT2D eigenvalue weighted by molar-refractivity contribution is -0.137. The maximum atomic E-state index is 13.4. The number of hydrogen-bond acceptors (Lipinski definition) is 3. The number of carbonyl (C=O) groups excluding carboxylic acids is 2. The zero-order chi connectivity index (χ0) is 19.2. The van der Waals surface area contributed by atoms with Crippen LogP contribution in [0.15, 0.2) is 48.5 Å². The summed E-state index contributed by atoms with van der Waals surface area (Å²) in [4.78, 5) is 26.4. The average molecular weight is 389 g/mol. The van der Waals surface area contributed by atoms with Gasteiger partial charge in [-0.25, -0.2) is 4.39 Å². The van der Waals surface area contributed by atoms with Gasteiger partial charge in [0.05, 0.1) is 5.02 Å². The Bertz CT molecular complexity index is 813. The third-order valence-electron chi connectivity index (χ3n) is 4.77. The molecular weight excluding hydrogens is 367 g/mol. The zero-order valence-electron chi connectivity index (χ0n) is 15.0. The van der Waals surface area contributed by atoms with Gasteiger partial charge < -0.3 is 5.32 Å². The number of nitrogens with one attached hydrogen (secondary N) is 1. The first-order chi connectivity index (χ1) is 13.0. The van der Waals surface area contributed by atoms with E-state index in [2.05, 4.69) is 22.3 Å². The van der Waals surface area contributed by atoms with Gasteiger partial charge in [0, 0.05) is 26.1 Å². The molecule has 0 radical (unpaired) electrons. The molecule has 1 aliphatic rings. The van der Waals surface area contributed by atoms with Gasteiger partial charge in [0.15, 0.2) is 0 Å². The van der Waals surface area contributed by atoms with Crippen molar-refractivity contribution in [3.8, 4) is 0 Å². The molecule has 142 valence electrons. The molecule has 2 aromatic rings. The number of amides is 1. The Hall–Kier alpha value is -2.24. The highest BCUT2D eigenvalue weighted by Crippen LogP contribution is 2.18. The van der Waals surface area contributed by atoms with E-state index in [9.17, 15) is 14.0 Å². The highest BCUT2D eigenvalue weighted by molar-refractivity contribution is 6.36. The molecular formula is C21H22ClFN2O2. The molecule has 2 aromatic carbocycles. The molecule has 0 spiro atoms. The topological polar surface area (TPSA) is 49.4 Å². The molecule has 1 N–H and O–H groups in total. The molecule has 1 atom stereocenters. The molecule has 4 nitrogen and oxygen atoms in total. The number of hydrogen-bond donors (Lipinski definition) is 1. The summed E-state index contributed by atoms with van der Waals surface area (Å²) in [5.74, 6) is -1.45. The van der Waals surface area contributed by atoms with Crippen molar-refractivity contribution < 1.29 is 14.0 Å². The number of carbonyl (C=O) groups is 2. The van der Waals surface area contributed by atoms with E-state index in [1.54, 1.807) is 6.07 Å². The number of ketones is 1. The summed E-state index contributed by atoms with van der Waals surface area (Å²) in [6, 6.07) is 14.4. The van der Waals surface area contributed by atoms with E-state index in [-0.39, 0.29) is 11.4 Å². The quantitative estimate of drug-likeness (QED) is 0.741. The molecule has 0 bridgehead atoms. The number of benzene rings is 2. The molecule has 1 saturated heterocycles. The molecule has 0 aliphatic carbocycles. The minimum absolute atomic E-state index is 0.00283. The van der Waals surface area contributed by atoms with Crippen LogP contribution in [-0.4, -0.2) is 36.2 Å². The van der Waals surface area contributed by atoms with Crippen LogP contribution in [0.2, 0.25) is 5.02 Å². The molecule has 1 heterocycles. The van der Waals surface area contributed by atoms with Crippen LogP contribution in [-0.2, 0) is 22.6 Å². The second-order valence-electron chi connectivity index (χ2n) is 6.93. The standard InChI is InChI=1S/C21H22ClFN2O2/c22-18-7-6-16(10-19(18)23)11-20(26)21(27)24-12-17-8-9-25(14-17)13-15-4-2-1-3-5-15/h1-7,10,17H,8-9,11-14H2,(H,24,27). The minimum atomic E-state index is -0.619. The van der Waals surface area contributed by atoms with Gasteiger partial charge in [-0.15, -0.1) is 0 Å². The zero-order valence-corrected chi connectivity index (χ0v) is 15.7. The Labute approximate surface area is 163 Å². The van der Waals surface area contributed by atoms with Gasteiger partial charge in [-0.1, -0.05) is 48.0 Å². The molecule has 1 amide bonds. The Kier molecular flexibility index (Phi) is 6.58. The van der Waals surface area contributed by atoms with Crippen LogP contribution in [0.5, 0.6) is 0 Å². The van der Waals surface area contributed by atoms with Gasteiger partial charge in [-0.3, -0.25) is 14.5 Å². The minimum Gasteiger partial charge on any atom is -0.349 e. The fourth-order valence-electron chi connectivity index (χ4n) is 3.32. The maximum Gasteiger partial charge on any atom is 0.287 e. The Balaban J connectivity index is 1.42. The smallest absolute Gasteiger partial charge is 0.287 e. The number of nitrogens with zero attached hydrogens (tertiary/aromatic N) is 1. The molecule has 1 aliphatic heterocycles. The van der Waals surface area contributed by atoms with E-state index in [0.717, 1.165) is 26.1 Å². The van der Waals surface area contributed by atoms with E-state index >= 15 is 0 Å². The second-order valence-corrected chi connectivity index (χ2v) is 7.34. The molecule has 1 unspecified atom stereocenters. The van der Waals surface area contributed by atoms with Crippen molar-refractivity contribution in [2.75, 3.05) is 19.6 Å². The van der Waals surface area contributed by atoms with Crippen molar-refractivity contribution in [3.63, 3.8) is 0 Å². The summed E-state index contributed by atoms with van der Waals surface area (Å²) in [7, 11) is 0. The second kappa shape index (κ2) is 9.11. The third-order valence-corrected chi connectivity index (χ3v) is 5.08. The highest BCUT2D eigenvalue weighted by Gasteiger charge is 2.24. The summed E-state index contributed by atoms with van der Waals surface area (Å²) < 4.78 is 13.4. The SMILES string of the molecule is O=C(Cc1ccc(Cl)c(F)c1)C(=O)NCC1CCN(Cc2ccccc2)C1. The van der Waals surface area contributed by atoms with Crippen molar-refractivity contribution in [2.24, 2.45) is 5.92 Å². The monoisotopic (exact) mass is 388 g/mol. The first-order valence-electron chi connectivity index (χ1n) is 9.02. The number of Topliss-reactive ketones (excluding diaryl/α,β-unsaturated/α-hetero) is 1. The Morgan fingerprint density at radius 1 is 1.15 bits per heavy atom. The molecule has 3 rings (SSSR count). The van der Waals surface area contributed by atoms with E-state index in [1.165, 1.54) is 17.7 Å². The first kappa shape index (κ1) is 19.5.